The second kappa shape index (κ2) is 6.95. The van der Waals surface area contributed by atoms with E-state index in [4.69, 9.17) is 15.0 Å². The zero-order valence-corrected chi connectivity index (χ0v) is 16.2. The fourth-order valence-corrected chi connectivity index (χ4v) is 4.04. The first kappa shape index (κ1) is 17.3. The molecule has 2 aromatic heterocycles. The Hall–Kier alpha value is -2.86. The molecule has 1 atom stereocenters. The van der Waals surface area contributed by atoms with E-state index in [1.807, 2.05) is 25.1 Å². The van der Waals surface area contributed by atoms with Gasteiger partial charge in [0.2, 0.25) is 0 Å². The van der Waals surface area contributed by atoms with Crippen LogP contribution in [0.4, 0.5) is 10.2 Å². The molecule has 140 valence electrons. The average Bonchev–Trinajstić information content (AvgIpc) is 3.37. The van der Waals surface area contributed by atoms with Crippen LogP contribution in [-0.2, 0) is 0 Å². The van der Waals surface area contributed by atoms with Gasteiger partial charge in [-0.1, -0.05) is 6.07 Å². The summed E-state index contributed by atoms with van der Waals surface area (Å²) >= 11 is 1.66. The standard InChI is InChI=1S/C22H19FN4S/c1-13-4-11-17-19(14-5-7-15(23)8-6-14)26-20(18-3-2-12-28-18)22(25-16-9-10-16)27-21(17)24-13/h2-8,11-12,16,20H,9-10H2,1H3,(H,24,25,27). The lowest BCUT2D eigenvalue weighted by atomic mass is 10.0. The third kappa shape index (κ3) is 3.36. The SMILES string of the molecule is Cc1ccc2c(n1)NC(=NC1CC1)C(c1cccs1)N=C2c1ccc(F)cc1. The Kier molecular flexibility index (Phi) is 4.28. The van der Waals surface area contributed by atoms with Gasteiger partial charge in [0.25, 0.3) is 0 Å². The summed E-state index contributed by atoms with van der Waals surface area (Å²) in [6.45, 7) is 1.97. The van der Waals surface area contributed by atoms with Crippen LogP contribution in [0.5, 0.6) is 0 Å². The number of pyridine rings is 1. The van der Waals surface area contributed by atoms with Gasteiger partial charge in [0.15, 0.2) is 0 Å². The van der Waals surface area contributed by atoms with Crippen LogP contribution in [0.1, 0.15) is 40.6 Å². The van der Waals surface area contributed by atoms with Crippen LogP contribution in [0.3, 0.4) is 0 Å². The van der Waals surface area contributed by atoms with Gasteiger partial charge < -0.3 is 5.32 Å². The van der Waals surface area contributed by atoms with E-state index in [0.29, 0.717) is 6.04 Å². The van der Waals surface area contributed by atoms with E-state index >= 15 is 0 Å². The number of hydrogen-bond acceptors (Lipinski definition) is 4. The Balaban J connectivity index is 1.72. The Morgan fingerprint density at radius 1 is 1.11 bits per heavy atom. The number of benzene rings is 1. The van der Waals surface area contributed by atoms with E-state index in [1.165, 1.54) is 12.1 Å². The van der Waals surface area contributed by atoms with Gasteiger partial charge in [-0.15, -0.1) is 11.3 Å². The molecular weight excluding hydrogens is 371 g/mol. The number of halogens is 1. The number of rotatable bonds is 3. The van der Waals surface area contributed by atoms with E-state index in [9.17, 15) is 4.39 Å². The van der Waals surface area contributed by atoms with Crippen molar-refractivity contribution in [3.05, 3.63) is 81.4 Å². The summed E-state index contributed by atoms with van der Waals surface area (Å²) < 4.78 is 13.5. The Bertz CT molecular complexity index is 1070. The summed E-state index contributed by atoms with van der Waals surface area (Å²) in [5, 5.41) is 5.53. The second-order valence-electron chi connectivity index (χ2n) is 7.12. The molecule has 0 saturated heterocycles. The van der Waals surface area contributed by atoms with Gasteiger partial charge in [-0.3, -0.25) is 9.98 Å². The zero-order valence-electron chi connectivity index (χ0n) is 15.4. The van der Waals surface area contributed by atoms with Gasteiger partial charge in [0.05, 0.1) is 11.8 Å². The Morgan fingerprint density at radius 3 is 2.64 bits per heavy atom. The third-order valence-electron chi connectivity index (χ3n) is 4.85. The lowest BCUT2D eigenvalue weighted by Gasteiger charge is -2.14. The largest absolute Gasteiger partial charge is 0.326 e. The molecule has 1 N–H and O–H groups in total. The van der Waals surface area contributed by atoms with E-state index in [2.05, 4.69) is 16.8 Å². The molecule has 1 aliphatic heterocycles. The van der Waals surface area contributed by atoms with Crippen LogP contribution >= 0.6 is 11.3 Å². The summed E-state index contributed by atoms with van der Waals surface area (Å²) in [7, 11) is 0. The van der Waals surface area contributed by atoms with Crippen molar-refractivity contribution in [1.82, 2.24) is 4.98 Å². The lowest BCUT2D eigenvalue weighted by molar-refractivity contribution is 0.628. The molecule has 1 aromatic carbocycles. The van der Waals surface area contributed by atoms with Crippen molar-refractivity contribution >= 4 is 28.7 Å². The van der Waals surface area contributed by atoms with Crippen molar-refractivity contribution in [1.29, 1.82) is 0 Å². The first-order chi connectivity index (χ1) is 13.7. The normalized spacial score (nSPS) is 20.3. The number of fused-ring (bicyclic) bond motifs is 1. The zero-order chi connectivity index (χ0) is 19.1. The number of anilines is 1. The van der Waals surface area contributed by atoms with E-state index in [-0.39, 0.29) is 11.9 Å². The maximum Gasteiger partial charge on any atom is 0.142 e. The highest BCUT2D eigenvalue weighted by atomic mass is 32.1. The molecule has 0 radical (unpaired) electrons. The monoisotopic (exact) mass is 390 g/mol. The summed E-state index contributed by atoms with van der Waals surface area (Å²) in [6.07, 6.45) is 2.23. The van der Waals surface area contributed by atoms with Crippen LogP contribution in [0, 0.1) is 12.7 Å². The number of nitrogens with zero attached hydrogens (tertiary/aromatic N) is 3. The molecule has 1 aliphatic carbocycles. The minimum absolute atomic E-state index is 0.227. The average molecular weight is 390 g/mol. The van der Waals surface area contributed by atoms with Gasteiger partial charge in [-0.25, -0.2) is 9.37 Å². The number of aryl methyl sites for hydroxylation is 1. The molecule has 5 rings (SSSR count). The molecule has 28 heavy (non-hydrogen) atoms. The summed E-state index contributed by atoms with van der Waals surface area (Å²) in [5.41, 5.74) is 3.49. The summed E-state index contributed by atoms with van der Waals surface area (Å²) in [6, 6.07) is 14.7. The predicted molar refractivity (Wildman–Crippen MR) is 112 cm³/mol. The fraction of sp³-hybridized carbons (Fsp3) is 0.227. The van der Waals surface area contributed by atoms with Crippen LogP contribution in [0.25, 0.3) is 0 Å². The number of aromatic nitrogens is 1. The Labute approximate surface area is 166 Å². The van der Waals surface area contributed by atoms with Crippen molar-refractivity contribution in [3.63, 3.8) is 0 Å². The highest BCUT2D eigenvalue weighted by molar-refractivity contribution is 7.10. The number of hydrogen-bond donors (Lipinski definition) is 1. The Morgan fingerprint density at radius 2 is 1.93 bits per heavy atom. The van der Waals surface area contributed by atoms with E-state index in [0.717, 1.165) is 51.9 Å². The molecule has 3 aromatic rings. The van der Waals surface area contributed by atoms with Crippen LogP contribution < -0.4 is 5.32 Å². The van der Waals surface area contributed by atoms with Crippen molar-refractivity contribution in [2.45, 2.75) is 31.8 Å². The molecule has 1 unspecified atom stereocenters. The fourth-order valence-electron chi connectivity index (χ4n) is 3.28. The molecule has 3 heterocycles. The van der Waals surface area contributed by atoms with E-state index < -0.39 is 0 Å². The van der Waals surface area contributed by atoms with E-state index in [1.54, 1.807) is 23.5 Å². The minimum atomic E-state index is -0.260. The minimum Gasteiger partial charge on any atom is -0.326 e. The van der Waals surface area contributed by atoms with Crippen molar-refractivity contribution in [2.24, 2.45) is 9.98 Å². The van der Waals surface area contributed by atoms with Crippen LogP contribution in [0.2, 0.25) is 0 Å². The number of thiophene rings is 1. The third-order valence-corrected chi connectivity index (χ3v) is 5.78. The number of amidine groups is 1. The summed E-state index contributed by atoms with van der Waals surface area (Å²) in [4.78, 5) is 15.9. The van der Waals surface area contributed by atoms with Gasteiger partial charge in [-0.2, -0.15) is 0 Å². The lowest BCUT2D eigenvalue weighted by Crippen LogP contribution is -2.20. The first-order valence-electron chi connectivity index (χ1n) is 9.37. The number of aliphatic imine (C=N–C) groups is 2. The highest BCUT2D eigenvalue weighted by Crippen LogP contribution is 2.34. The molecule has 0 amide bonds. The maximum absolute atomic E-state index is 13.5. The molecule has 1 saturated carbocycles. The first-order valence-corrected chi connectivity index (χ1v) is 10.3. The van der Waals surface area contributed by atoms with Gasteiger partial charge >= 0.3 is 0 Å². The number of nitrogens with one attached hydrogen (secondary N) is 1. The maximum atomic E-state index is 13.5. The van der Waals surface area contributed by atoms with Crippen molar-refractivity contribution in [2.75, 3.05) is 5.32 Å². The second-order valence-corrected chi connectivity index (χ2v) is 8.10. The highest BCUT2D eigenvalue weighted by Gasteiger charge is 2.30. The smallest absolute Gasteiger partial charge is 0.142 e. The van der Waals surface area contributed by atoms with Gasteiger partial charge in [0.1, 0.15) is 23.5 Å². The molecule has 0 bridgehead atoms. The van der Waals surface area contributed by atoms with Crippen LogP contribution in [0.15, 0.2) is 63.9 Å². The summed E-state index contributed by atoms with van der Waals surface area (Å²) in [5.74, 6) is 1.33. The molecule has 0 spiro atoms. The molecule has 2 aliphatic rings. The quantitative estimate of drug-likeness (QED) is 0.672. The predicted octanol–water partition coefficient (Wildman–Crippen LogP) is 5.16. The van der Waals surface area contributed by atoms with Gasteiger partial charge in [0, 0.05) is 21.7 Å². The van der Waals surface area contributed by atoms with Gasteiger partial charge in [-0.05, 0) is 67.6 Å². The van der Waals surface area contributed by atoms with Crippen LogP contribution in [-0.4, -0.2) is 22.6 Å². The molecule has 6 heteroatoms. The topological polar surface area (TPSA) is 49.6 Å². The molecular formula is C22H19FN4S. The molecule has 4 nitrogen and oxygen atoms in total. The van der Waals surface area contributed by atoms with Crippen molar-refractivity contribution < 1.29 is 4.39 Å². The molecule has 1 fully saturated rings. The van der Waals surface area contributed by atoms with Crippen molar-refractivity contribution in [3.8, 4) is 0 Å².